The van der Waals surface area contributed by atoms with E-state index in [1.54, 1.807) is 24.3 Å². The Kier molecular flexibility index (Phi) is 6.87. The summed E-state index contributed by atoms with van der Waals surface area (Å²) in [6.07, 6.45) is 1.12. The molecule has 1 N–H and O–H groups in total. The number of carbonyl (C=O) groups is 1. The molecule has 0 bridgehead atoms. The molecule has 4 aromatic rings. The number of amides is 1. The Morgan fingerprint density at radius 1 is 1.03 bits per heavy atom. The minimum absolute atomic E-state index is 0. The quantitative estimate of drug-likeness (QED) is 0.348. The molecular weight excluding hydrogens is 453 g/mol. The number of halogens is 2. The largest absolute Gasteiger partial charge is 0.370 e. The van der Waals surface area contributed by atoms with Gasteiger partial charge in [-0.15, -0.1) is 12.4 Å². The number of aryl methyl sites for hydroxylation is 1. The lowest BCUT2D eigenvalue weighted by Crippen LogP contribution is -2.20. The zero-order valence-electron chi connectivity index (χ0n) is 18.3. The molecule has 0 saturated carbocycles. The SMILES string of the molecule is Cc1cc(N2CCC(c3ccccc3)C2)c2cc(NC(=O)c3ccc(Cl)cc3)ccc2n1.Cl. The van der Waals surface area contributed by atoms with Gasteiger partial charge >= 0.3 is 0 Å². The van der Waals surface area contributed by atoms with Crippen molar-refractivity contribution in [2.45, 2.75) is 19.3 Å². The first-order chi connectivity index (χ1) is 15.6. The Balaban J connectivity index is 0.00000259. The van der Waals surface area contributed by atoms with Gasteiger partial charge in [-0.2, -0.15) is 0 Å². The van der Waals surface area contributed by atoms with Gasteiger partial charge in [-0.05, 0) is 67.4 Å². The first kappa shape index (κ1) is 23.1. The van der Waals surface area contributed by atoms with Crippen molar-refractivity contribution in [3.8, 4) is 0 Å². The topological polar surface area (TPSA) is 45.2 Å². The normalized spacial score (nSPS) is 15.3. The van der Waals surface area contributed by atoms with Crippen molar-refractivity contribution >= 4 is 52.2 Å². The Morgan fingerprint density at radius 3 is 2.55 bits per heavy atom. The van der Waals surface area contributed by atoms with Crippen LogP contribution in [0.1, 0.15) is 34.0 Å². The third kappa shape index (κ3) is 4.97. The first-order valence-corrected chi connectivity index (χ1v) is 11.2. The van der Waals surface area contributed by atoms with E-state index >= 15 is 0 Å². The van der Waals surface area contributed by atoms with Crippen LogP contribution in [0.2, 0.25) is 5.02 Å². The fraction of sp³-hybridized carbons (Fsp3) is 0.185. The lowest BCUT2D eigenvalue weighted by Gasteiger charge is -2.22. The predicted molar refractivity (Wildman–Crippen MR) is 139 cm³/mol. The molecule has 1 aliphatic rings. The molecule has 6 heteroatoms. The molecule has 0 radical (unpaired) electrons. The average molecular weight is 478 g/mol. The molecule has 5 rings (SSSR count). The van der Waals surface area contributed by atoms with E-state index in [1.807, 2.05) is 25.1 Å². The van der Waals surface area contributed by atoms with Crippen molar-refractivity contribution in [1.29, 1.82) is 0 Å². The highest BCUT2D eigenvalue weighted by molar-refractivity contribution is 6.30. The molecule has 1 fully saturated rings. The number of benzene rings is 3. The van der Waals surface area contributed by atoms with Crippen LogP contribution < -0.4 is 10.2 Å². The van der Waals surface area contributed by atoms with Gasteiger partial charge in [0.25, 0.3) is 5.91 Å². The number of rotatable bonds is 4. The molecule has 33 heavy (non-hydrogen) atoms. The maximum atomic E-state index is 12.7. The Bertz CT molecular complexity index is 1280. The molecule has 1 amide bonds. The maximum absolute atomic E-state index is 12.7. The van der Waals surface area contributed by atoms with Crippen LogP contribution in [-0.4, -0.2) is 24.0 Å². The second-order valence-corrected chi connectivity index (χ2v) is 8.75. The van der Waals surface area contributed by atoms with Gasteiger partial charge in [-0.3, -0.25) is 9.78 Å². The standard InChI is InChI=1S/C27H24ClN3O.ClH/c1-18-15-26(31-14-13-21(17-31)19-5-3-2-4-6-19)24-16-23(11-12-25(24)29-18)30-27(32)20-7-9-22(28)10-8-20;/h2-12,15-16,21H,13-14,17H2,1H3,(H,30,32);1H. The molecule has 3 aromatic carbocycles. The minimum atomic E-state index is -0.159. The number of nitrogens with one attached hydrogen (secondary N) is 1. The number of fused-ring (bicyclic) bond motifs is 1. The number of pyridine rings is 1. The van der Waals surface area contributed by atoms with Crippen LogP contribution in [-0.2, 0) is 0 Å². The summed E-state index contributed by atoms with van der Waals surface area (Å²) in [7, 11) is 0. The van der Waals surface area contributed by atoms with Crippen molar-refractivity contribution < 1.29 is 4.79 Å². The van der Waals surface area contributed by atoms with Crippen LogP contribution >= 0.6 is 24.0 Å². The van der Waals surface area contributed by atoms with Crippen LogP contribution in [0.3, 0.4) is 0 Å². The van der Waals surface area contributed by atoms with Gasteiger partial charge in [0, 0.05) is 52.0 Å². The van der Waals surface area contributed by atoms with Crippen molar-refractivity contribution in [3.63, 3.8) is 0 Å². The van der Waals surface area contributed by atoms with Crippen LogP contribution in [0.4, 0.5) is 11.4 Å². The lowest BCUT2D eigenvalue weighted by molar-refractivity contribution is 0.102. The maximum Gasteiger partial charge on any atom is 0.255 e. The summed E-state index contributed by atoms with van der Waals surface area (Å²) < 4.78 is 0. The minimum Gasteiger partial charge on any atom is -0.370 e. The fourth-order valence-corrected chi connectivity index (χ4v) is 4.58. The highest BCUT2D eigenvalue weighted by Crippen LogP contribution is 2.35. The third-order valence-corrected chi connectivity index (χ3v) is 6.33. The van der Waals surface area contributed by atoms with E-state index in [-0.39, 0.29) is 18.3 Å². The van der Waals surface area contributed by atoms with E-state index in [9.17, 15) is 4.79 Å². The number of hydrogen-bond acceptors (Lipinski definition) is 3. The smallest absolute Gasteiger partial charge is 0.255 e. The van der Waals surface area contributed by atoms with Crippen LogP contribution in [0.5, 0.6) is 0 Å². The number of carbonyl (C=O) groups excluding carboxylic acids is 1. The number of hydrogen-bond donors (Lipinski definition) is 1. The number of anilines is 2. The molecular formula is C27H25Cl2N3O. The van der Waals surface area contributed by atoms with E-state index in [2.05, 4.69) is 46.6 Å². The molecule has 1 aromatic heterocycles. The van der Waals surface area contributed by atoms with Crippen molar-refractivity contribution in [3.05, 3.63) is 101 Å². The van der Waals surface area contributed by atoms with E-state index < -0.39 is 0 Å². The summed E-state index contributed by atoms with van der Waals surface area (Å²) in [6, 6.07) is 25.7. The molecule has 1 unspecified atom stereocenters. The summed E-state index contributed by atoms with van der Waals surface area (Å²) >= 11 is 5.94. The zero-order chi connectivity index (χ0) is 22.1. The van der Waals surface area contributed by atoms with Gasteiger partial charge in [0.2, 0.25) is 0 Å². The van der Waals surface area contributed by atoms with Crippen molar-refractivity contribution in [2.24, 2.45) is 0 Å². The van der Waals surface area contributed by atoms with E-state index in [4.69, 9.17) is 16.6 Å². The molecule has 2 heterocycles. The van der Waals surface area contributed by atoms with E-state index in [1.165, 1.54) is 11.3 Å². The first-order valence-electron chi connectivity index (χ1n) is 10.8. The van der Waals surface area contributed by atoms with Gasteiger partial charge < -0.3 is 10.2 Å². The van der Waals surface area contributed by atoms with Crippen LogP contribution in [0, 0.1) is 6.92 Å². The second-order valence-electron chi connectivity index (χ2n) is 8.32. The number of aromatic nitrogens is 1. The molecule has 0 spiro atoms. The molecule has 1 saturated heterocycles. The summed E-state index contributed by atoms with van der Waals surface area (Å²) in [4.78, 5) is 19.8. The van der Waals surface area contributed by atoms with Gasteiger partial charge in [-0.25, -0.2) is 0 Å². The number of nitrogens with zero attached hydrogens (tertiary/aromatic N) is 2. The summed E-state index contributed by atoms with van der Waals surface area (Å²) in [5.41, 5.74) is 5.82. The zero-order valence-corrected chi connectivity index (χ0v) is 19.9. The highest BCUT2D eigenvalue weighted by Gasteiger charge is 2.25. The van der Waals surface area contributed by atoms with E-state index in [0.717, 1.165) is 41.8 Å². The molecule has 1 aliphatic heterocycles. The molecule has 4 nitrogen and oxygen atoms in total. The van der Waals surface area contributed by atoms with Gasteiger partial charge in [0.05, 0.1) is 5.52 Å². The lowest BCUT2D eigenvalue weighted by atomic mass is 9.99. The average Bonchev–Trinajstić information content (AvgIpc) is 3.30. The summed E-state index contributed by atoms with van der Waals surface area (Å²) in [5.74, 6) is 0.362. The fourth-order valence-electron chi connectivity index (χ4n) is 4.46. The second kappa shape index (κ2) is 9.82. The predicted octanol–water partition coefficient (Wildman–Crippen LogP) is 6.86. The van der Waals surface area contributed by atoms with Crippen molar-refractivity contribution in [1.82, 2.24) is 4.98 Å². The summed E-state index contributed by atoms with van der Waals surface area (Å²) in [5, 5.41) is 4.67. The van der Waals surface area contributed by atoms with Gasteiger partial charge in [0.1, 0.15) is 0 Å². The van der Waals surface area contributed by atoms with Crippen LogP contribution in [0.15, 0.2) is 78.9 Å². The van der Waals surface area contributed by atoms with E-state index in [0.29, 0.717) is 16.5 Å². The van der Waals surface area contributed by atoms with Gasteiger partial charge in [-0.1, -0.05) is 41.9 Å². The van der Waals surface area contributed by atoms with Crippen molar-refractivity contribution in [2.75, 3.05) is 23.3 Å². The highest BCUT2D eigenvalue weighted by atomic mass is 35.5. The summed E-state index contributed by atoms with van der Waals surface area (Å²) in [6.45, 7) is 4.01. The Morgan fingerprint density at radius 2 is 1.79 bits per heavy atom. The monoisotopic (exact) mass is 477 g/mol. The van der Waals surface area contributed by atoms with Crippen LogP contribution in [0.25, 0.3) is 10.9 Å². The molecule has 1 atom stereocenters. The molecule has 168 valence electrons. The van der Waals surface area contributed by atoms with Gasteiger partial charge in [0.15, 0.2) is 0 Å². The Hall–Kier alpha value is -3.08. The third-order valence-electron chi connectivity index (χ3n) is 6.08. The molecule has 0 aliphatic carbocycles. The Labute approximate surface area is 205 Å².